The second-order valence-corrected chi connectivity index (χ2v) is 5.19. The molecule has 2 aromatic carbocycles. The topological polar surface area (TPSA) is 30.5 Å². The van der Waals surface area contributed by atoms with E-state index in [2.05, 4.69) is 55.6 Å². The molecule has 0 aliphatic rings. The van der Waals surface area contributed by atoms with Crippen LogP contribution in [0.4, 0.5) is 5.69 Å². The van der Waals surface area contributed by atoms with Crippen molar-refractivity contribution in [2.45, 2.75) is 27.0 Å². The Balaban J connectivity index is 2.06. The Bertz CT molecular complexity index is 591. The van der Waals surface area contributed by atoms with Gasteiger partial charge >= 0.3 is 0 Å². The molecule has 2 rings (SSSR count). The van der Waals surface area contributed by atoms with E-state index < -0.39 is 0 Å². The zero-order chi connectivity index (χ0) is 15.2. The van der Waals surface area contributed by atoms with Gasteiger partial charge in [-0.05, 0) is 36.6 Å². The van der Waals surface area contributed by atoms with Crippen LogP contribution in [0.2, 0.25) is 0 Å². The van der Waals surface area contributed by atoms with Crippen LogP contribution in [-0.2, 0) is 17.9 Å². The summed E-state index contributed by atoms with van der Waals surface area (Å²) in [5, 5.41) is 3.47. The second kappa shape index (κ2) is 7.14. The van der Waals surface area contributed by atoms with Crippen LogP contribution in [0.1, 0.15) is 22.3 Å². The molecule has 0 saturated carbocycles. The van der Waals surface area contributed by atoms with Crippen LogP contribution >= 0.6 is 0 Å². The highest BCUT2D eigenvalue weighted by atomic mass is 16.5. The Morgan fingerprint density at radius 2 is 1.57 bits per heavy atom. The van der Waals surface area contributed by atoms with E-state index in [9.17, 15) is 0 Å². The summed E-state index contributed by atoms with van der Waals surface area (Å²) in [5.41, 5.74) is 5.85. The van der Waals surface area contributed by atoms with Gasteiger partial charge in [0.1, 0.15) is 5.75 Å². The van der Waals surface area contributed by atoms with Crippen molar-refractivity contribution in [3.63, 3.8) is 0 Å². The first-order chi connectivity index (χ1) is 10.2. The molecule has 0 fully saturated rings. The highest BCUT2D eigenvalue weighted by Crippen LogP contribution is 2.29. The van der Waals surface area contributed by atoms with Crippen LogP contribution < -0.4 is 10.1 Å². The maximum atomic E-state index is 5.46. The molecule has 112 valence electrons. The average molecular weight is 285 g/mol. The number of nitrogens with one attached hydrogen (secondary N) is 1. The van der Waals surface area contributed by atoms with Gasteiger partial charge < -0.3 is 14.8 Å². The summed E-state index contributed by atoms with van der Waals surface area (Å²) in [6.07, 6.45) is 0. The molecule has 0 saturated heterocycles. The van der Waals surface area contributed by atoms with Crippen molar-refractivity contribution in [1.29, 1.82) is 0 Å². The number of ether oxygens (including phenoxy) is 2. The maximum absolute atomic E-state index is 5.46. The fourth-order valence-electron chi connectivity index (χ4n) is 2.45. The van der Waals surface area contributed by atoms with E-state index in [0.717, 1.165) is 29.1 Å². The molecular formula is C18H23NO2. The van der Waals surface area contributed by atoms with Gasteiger partial charge in [-0.3, -0.25) is 0 Å². The highest BCUT2D eigenvalue weighted by Gasteiger charge is 2.07. The van der Waals surface area contributed by atoms with Crippen LogP contribution in [0.5, 0.6) is 5.75 Å². The predicted octanol–water partition coefficient (Wildman–Crippen LogP) is 4.07. The summed E-state index contributed by atoms with van der Waals surface area (Å²) in [6, 6.07) is 12.6. The Morgan fingerprint density at radius 1 is 0.905 bits per heavy atom. The molecule has 0 amide bonds. The Kier molecular flexibility index (Phi) is 5.23. The molecule has 0 aliphatic carbocycles. The summed E-state index contributed by atoms with van der Waals surface area (Å²) in [7, 11) is 3.43. The van der Waals surface area contributed by atoms with Gasteiger partial charge in [0, 0.05) is 24.9 Å². The minimum atomic E-state index is 0.655. The van der Waals surface area contributed by atoms with E-state index in [1.54, 1.807) is 14.2 Å². The lowest BCUT2D eigenvalue weighted by molar-refractivity contribution is 0.185. The van der Waals surface area contributed by atoms with Crippen molar-refractivity contribution in [3.8, 4) is 5.75 Å². The fraction of sp³-hybridized carbons (Fsp3) is 0.333. The van der Waals surface area contributed by atoms with Gasteiger partial charge in [0.05, 0.1) is 13.7 Å². The molecule has 0 bridgehead atoms. The number of methoxy groups -OCH3 is 2. The normalized spacial score (nSPS) is 10.5. The van der Waals surface area contributed by atoms with Crippen LogP contribution in [0.15, 0.2) is 36.4 Å². The predicted molar refractivity (Wildman–Crippen MR) is 86.9 cm³/mol. The minimum absolute atomic E-state index is 0.655. The standard InChI is InChI=1S/C18H23NO2/c1-13-5-10-17(14(2)18(13)21-4)19-11-15-6-8-16(9-7-15)12-20-3/h5-10,19H,11-12H2,1-4H3. The molecule has 3 nitrogen and oxygen atoms in total. The summed E-state index contributed by atoms with van der Waals surface area (Å²) in [5.74, 6) is 0.954. The van der Waals surface area contributed by atoms with Gasteiger partial charge in [-0.1, -0.05) is 30.3 Å². The van der Waals surface area contributed by atoms with Crippen LogP contribution in [0, 0.1) is 13.8 Å². The van der Waals surface area contributed by atoms with Crippen molar-refractivity contribution in [2.24, 2.45) is 0 Å². The molecule has 0 atom stereocenters. The molecule has 0 aromatic heterocycles. The third-order valence-corrected chi connectivity index (χ3v) is 3.62. The quantitative estimate of drug-likeness (QED) is 0.868. The molecule has 0 unspecified atom stereocenters. The van der Waals surface area contributed by atoms with E-state index in [0.29, 0.717) is 6.61 Å². The van der Waals surface area contributed by atoms with E-state index >= 15 is 0 Å². The smallest absolute Gasteiger partial charge is 0.126 e. The van der Waals surface area contributed by atoms with E-state index in [-0.39, 0.29) is 0 Å². The largest absolute Gasteiger partial charge is 0.496 e. The van der Waals surface area contributed by atoms with Crippen molar-refractivity contribution >= 4 is 5.69 Å². The number of hydrogen-bond acceptors (Lipinski definition) is 3. The number of hydrogen-bond donors (Lipinski definition) is 1. The Labute approximate surface area is 126 Å². The van der Waals surface area contributed by atoms with Crippen LogP contribution in [-0.4, -0.2) is 14.2 Å². The van der Waals surface area contributed by atoms with E-state index in [1.165, 1.54) is 11.1 Å². The first-order valence-electron chi connectivity index (χ1n) is 7.10. The van der Waals surface area contributed by atoms with Gasteiger partial charge in [-0.2, -0.15) is 0 Å². The van der Waals surface area contributed by atoms with Gasteiger partial charge in [0.25, 0.3) is 0 Å². The maximum Gasteiger partial charge on any atom is 0.126 e. The lowest BCUT2D eigenvalue weighted by atomic mass is 10.1. The molecule has 21 heavy (non-hydrogen) atoms. The zero-order valence-electron chi connectivity index (χ0n) is 13.2. The number of aryl methyl sites for hydroxylation is 1. The van der Waals surface area contributed by atoms with Crippen molar-refractivity contribution in [1.82, 2.24) is 0 Å². The molecule has 0 heterocycles. The number of benzene rings is 2. The highest BCUT2D eigenvalue weighted by molar-refractivity contribution is 5.59. The molecule has 1 N–H and O–H groups in total. The SMILES string of the molecule is COCc1ccc(CNc2ccc(C)c(OC)c2C)cc1. The Morgan fingerprint density at radius 3 is 2.19 bits per heavy atom. The van der Waals surface area contributed by atoms with E-state index in [1.807, 2.05) is 0 Å². The summed E-state index contributed by atoms with van der Waals surface area (Å²) in [6.45, 7) is 5.59. The summed E-state index contributed by atoms with van der Waals surface area (Å²) < 4.78 is 10.6. The number of anilines is 1. The lowest BCUT2D eigenvalue weighted by Crippen LogP contribution is -2.03. The molecule has 0 spiro atoms. The first kappa shape index (κ1) is 15.4. The molecule has 2 aromatic rings. The lowest BCUT2D eigenvalue weighted by Gasteiger charge is -2.15. The minimum Gasteiger partial charge on any atom is -0.496 e. The molecular weight excluding hydrogens is 262 g/mol. The average Bonchev–Trinajstić information content (AvgIpc) is 2.49. The summed E-state index contributed by atoms with van der Waals surface area (Å²) in [4.78, 5) is 0. The van der Waals surface area contributed by atoms with E-state index in [4.69, 9.17) is 9.47 Å². The zero-order valence-corrected chi connectivity index (χ0v) is 13.2. The van der Waals surface area contributed by atoms with Crippen LogP contribution in [0.3, 0.4) is 0 Å². The monoisotopic (exact) mass is 285 g/mol. The van der Waals surface area contributed by atoms with Crippen molar-refractivity contribution in [3.05, 3.63) is 58.7 Å². The second-order valence-electron chi connectivity index (χ2n) is 5.19. The van der Waals surface area contributed by atoms with Gasteiger partial charge in [0.15, 0.2) is 0 Å². The number of rotatable bonds is 6. The third kappa shape index (κ3) is 3.76. The van der Waals surface area contributed by atoms with Gasteiger partial charge in [-0.15, -0.1) is 0 Å². The molecule has 3 heteroatoms. The van der Waals surface area contributed by atoms with Crippen LogP contribution in [0.25, 0.3) is 0 Å². The van der Waals surface area contributed by atoms with Crippen molar-refractivity contribution in [2.75, 3.05) is 19.5 Å². The Hall–Kier alpha value is -2.00. The molecule has 0 radical (unpaired) electrons. The molecule has 0 aliphatic heterocycles. The first-order valence-corrected chi connectivity index (χ1v) is 7.10. The van der Waals surface area contributed by atoms with Gasteiger partial charge in [0.2, 0.25) is 0 Å². The van der Waals surface area contributed by atoms with Gasteiger partial charge in [-0.25, -0.2) is 0 Å². The summed E-state index contributed by atoms with van der Waals surface area (Å²) >= 11 is 0. The van der Waals surface area contributed by atoms with Crippen molar-refractivity contribution < 1.29 is 9.47 Å². The fourth-order valence-corrected chi connectivity index (χ4v) is 2.45. The third-order valence-electron chi connectivity index (χ3n) is 3.62.